The zero-order chi connectivity index (χ0) is 15.1. The monoisotopic (exact) mass is 267 g/mol. The molecule has 0 aliphatic heterocycles. The van der Waals surface area contributed by atoms with Crippen LogP contribution >= 0.6 is 0 Å². The molecule has 0 radical (unpaired) electrons. The normalized spacial score (nSPS) is 16.5. The fraction of sp³-hybridized carbons (Fsp3) is 0.824. The summed E-state index contributed by atoms with van der Waals surface area (Å²) in [6.45, 7) is 16.9. The van der Waals surface area contributed by atoms with Crippen molar-refractivity contribution in [1.82, 2.24) is 5.32 Å². The minimum atomic E-state index is 0.137. The van der Waals surface area contributed by atoms with Crippen molar-refractivity contribution in [3.8, 4) is 0 Å². The highest BCUT2D eigenvalue weighted by Crippen LogP contribution is 2.40. The number of hydrogen-bond donors (Lipinski definition) is 1. The Morgan fingerprint density at radius 2 is 1.89 bits per heavy atom. The Balaban J connectivity index is 4.56. The fourth-order valence-corrected chi connectivity index (χ4v) is 3.27. The van der Waals surface area contributed by atoms with Crippen LogP contribution in [0.5, 0.6) is 0 Å². The van der Waals surface area contributed by atoms with Crippen LogP contribution in [0.25, 0.3) is 0 Å². The molecule has 0 saturated heterocycles. The minimum absolute atomic E-state index is 0.137. The van der Waals surface area contributed by atoms with Crippen molar-refractivity contribution in [3.63, 3.8) is 0 Å². The number of carbonyl (C=O) groups is 1. The van der Waals surface area contributed by atoms with Crippen molar-refractivity contribution < 1.29 is 4.79 Å². The fourth-order valence-electron chi connectivity index (χ4n) is 3.27. The number of Topliss-reactive ketones (excluding diaryl/α,β-unsaturated/α-hetero) is 1. The van der Waals surface area contributed by atoms with Crippen molar-refractivity contribution in [3.05, 3.63) is 12.8 Å². The molecular formula is C17H33NO. The summed E-state index contributed by atoms with van der Waals surface area (Å²) >= 11 is 0. The standard InChI is InChI=1S/C17H33NO/c1-8-10-17(7,13-16(4,5)6)12-15(19)11-14(3)18-9-2/h9,14,18H,2,8,10-13H2,1,3-7H3. The van der Waals surface area contributed by atoms with Crippen LogP contribution in [0.2, 0.25) is 0 Å². The third kappa shape index (κ3) is 8.85. The van der Waals surface area contributed by atoms with Gasteiger partial charge in [0.05, 0.1) is 0 Å². The van der Waals surface area contributed by atoms with Crippen LogP contribution < -0.4 is 5.32 Å². The highest BCUT2D eigenvalue weighted by atomic mass is 16.1. The van der Waals surface area contributed by atoms with Gasteiger partial charge in [0.1, 0.15) is 5.78 Å². The van der Waals surface area contributed by atoms with E-state index in [2.05, 4.69) is 46.5 Å². The number of rotatable bonds is 9. The number of carbonyl (C=O) groups excluding carboxylic acids is 1. The first kappa shape index (κ1) is 18.2. The van der Waals surface area contributed by atoms with Gasteiger partial charge in [0.2, 0.25) is 0 Å². The molecule has 0 fully saturated rings. The summed E-state index contributed by atoms with van der Waals surface area (Å²) < 4.78 is 0. The molecule has 2 heteroatoms. The summed E-state index contributed by atoms with van der Waals surface area (Å²) in [5.41, 5.74) is 0.410. The van der Waals surface area contributed by atoms with Gasteiger partial charge >= 0.3 is 0 Å². The molecule has 19 heavy (non-hydrogen) atoms. The van der Waals surface area contributed by atoms with Crippen LogP contribution in [0.4, 0.5) is 0 Å². The lowest BCUT2D eigenvalue weighted by atomic mass is 9.69. The van der Waals surface area contributed by atoms with Crippen molar-refractivity contribution in [1.29, 1.82) is 0 Å². The van der Waals surface area contributed by atoms with E-state index in [4.69, 9.17) is 0 Å². The molecule has 2 nitrogen and oxygen atoms in total. The number of ketones is 1. The van der Waals surface area contributed by atoms with Crippen molar-refractivity contribution >= 4 is 5.78 Å². The first-order valence-corrected chi connectivity index (χ1v) is 7.50. The number of hydrogen-bond acceptors (Lipinski definition) is 2. The third-order valence-corrected chi connectivity index (χ3v) is 3.37. The van der Waals surface area contributed by atoms with Gasteiger partial charge in [-0.2, -0.15) is 0 Å². The molecule has 0 aromatic rings. The molecule has 2 atom stereocenters. The average Bonchev–Trinajstić information content (AvgIpc) is 2.12. The number of nitrogens with one attached hydrogen (secondary N) is 1. The SMILES string of the molecule is C=CNC(C)CC(=O)CC(C)(CCC)CC(C)(C)C. The van der Waals surface area contributed by atoms with Gasteiger partial charge in [0, 0.05) is 18.9 Å². The van der Waals surface area contributed by atoms with Crippen LogP contribution in [0.3, 0.4) is 0 Å². The summed E-state index contributed by atoms with van der Waals surface area (Å²) in [6, 6.07) is 0.186. The first-order valence-electron chi connectivity index (χ1n) is 7.50. The maximum Gasteiger partial charge on any atom is 0.135 e. The smallest absolute Gasteiger partial charge is 0.135 e. The van der Waals surface area contributed by atoms with E-state index in [1.807, 2.05) is 6.92 Å². The molecule has 1 N–H and O–H groups in total. The Bertz CT molecular complexity index is 290. The van der Waals surface area contributed by atoms with E-state index in [0.29, 0.717) is 18.6 Å². The highest BCUT2D eigenvalue weighted by Gasteiger charge is 2.31. The van der Waals surface area contributed by atoms with E-state index in [9.17, 15) is 4.79 Å². The largest absolute Gasteiger partial charge is 0.388 e. The third-order valence-electron chi connectivity index (χ3n) is 3.37. The molecule has 0 aliphatic rings. The molecule has 0 saturated carbocycles. The van der Waals surface area contributed by atoms with Crippen LogP contribution in [-0.2, 0) is 4.79 Å². The van der Waals surface area contributed by atoms with E-state index in [1.54, 1.807) is 6.20 Å². The van der Waals surface area contributed by atoms with Crippen molar-refractivity contribution in [2.75, 3.05) is 0 Å². The maximum atomic E-state index is 12.2. The molecule has 112 valence electrons. The van der Waals surface area contributed by atoms with Gasteiger partial charge in [0.25, 0.3) is 0 Å². The zero-order valence-electron chi connectivity index (χ0n) is 13.8. The molecule has 0 heterocycles. The lowest BCUT2D eigenvalue weighted by Gasteiger charge is -2.35. The Morgan fingerprint density at radius 1 is 1.32 bits per heavy atom. The predicted octanol–water partition coefficient (Wildman–Crippen LogP) is 4.70. The summed E-state index contributed by atoms with van der Waals surface area (Å²) in [5.74, 6) is 0.363. The van der Waals surface area contributed by atoms with Gasteiger partial charge in [0.15, 0.2) is 0 Å². The molecule has 0 aromatic carbocycles. The highest BCUT2D eigenvalue weighted by molar-refractivity contribution is 5.79. The van der Waals surface area contributed by atoms with Crippen molar-refractivity contribution in [2.45, 2.75) is 79.7 Å². The van der Waals surface area contributed by atoms with Gasteiger partial charge < -0.3 is 5.32 Å². The maximum absolute atomic E-state index is 12.2. The zero-order valence-corrected chi connectivity index (χ0v) is 13.8. The van der Waals surface area contributed by atoms with E-state index < -0.39 is 0 Å². The molecule has 0 aliphatic carbocycles. The molecule has 0 bridgehead atoms. The van der Waals surface area contributed by atoms with Crippen LogP contribution in [0, 0.1) is 10.8 Å². The first-order chi connectivity index (χ1) is 8.62. The minimum Gasteiger partial charge on any atom is -0.388 e. The molecule has 0 aromatic heterocycles. The second-order valence-electron chi connectivity index (χ2n) is 7.49. The van der Waals surface area contributed by atoms with Gasteiger partial charge in [-0.3, -0.25) is 4.79 Å². The molecular weight excluding hydrogens is 234 g/mol. The Morgan fingerprint density at radius 3 is 2.32 bits per heavy atom. The average molecular weight is 267 g/mol. The van der Waals surface area contributed by atoms with Crippen LogP contribution in [-0.4, -0.2) is 11.8 Å². The summed E-state index contributed by atoms with van der Waals surface area (Å²) in [6.07, 6.45) is 6.32. The quantitative estimate of drug-likeness (QED) is 0.656. The second-order valence-corrected chi connectivity index (χ2v) is 7.49. The van der Waals surface area contributed by atoms with Crippen LogP contribution in [0.15, 0.2) is 12.8 Å². The van der Waals surface area contributed by atoms with Crippen LogP contribution in [0.1, 0.15) is 73.6 Å². The lowest BCUT2D eigenvalue weighted by Crippen LogP contribution is -2.30. The van der Waals surface area contributed by atoms with E-state index >= 15 is 0 Å². The summed E-state index contributed by atoms with van der Waals surface area (Å²) in [4.78, 5) is 12.2. The summed E-state index contributed by atoms with van der Waals surface area (Å²) in [5, 5.41) is 3.09. The van der Waals surface area contributed by atoms with Gasteiger partial charge in [-0.25, -0.2) is 0 Å². The van der Waals surface area contributed by atoms with Gasteiger partial charge in [-0.15, -0.1) is 0 Å². The lowest BCUT2D eigenvalue weighted by molar-refractivity contribution is -0.122. The second kappa shape index (κ2) is 7.72. The Labute approximate surface area is 120 Å². The topological polar surface area (TPSA) is 29.1 Å². The molecule has 0 amide bonds. The molecule has 0 spiro atoms. The van der Waals surface area contributed by atoms with E-state index in [1.165, 1.54) is 0 Å². The van der Waals surface area contributed by atoms with Gasteiger partial charge in [-0.05, 0) is 36.8 Å². The van der Waals surface area contributed by atoms with Gasteiger partial charge in [-0.1, -0.05) is 47.6 Å². The van der Waals surface area contributed by atoms with E-state index in [-0.39, 0.29) is 16.9 Å². The Kier molecular flexibility index (Phi) is 7.39. The van der Waals surface area contributed by atoms with E-state index in [0.717, 1.165) is 19.3 Å². The Hall–Kier alpha value is -0.790. The predicted molar refractivity (Wildman–Crippen MR) is 84.1 cm³/mol. The summed E-state index contributed by atoms with van der Waals surface area (Å²) in [7, 11) is 0. The molecule has 2 unspecified atom stereocenters. The van der Waals surface area contributed by atoms with Crippen molar-refractivity contribution in [2.24, 2.45) is 10.8 Å². The molecule has 0 rings (SSSR count).